The molecule has 0 amide bonds. The minimum Gasteiger partial charge on any atom is -0.459 e. The Kier molecular flexibility index (Phi) is 6.36. The summed E-state index contributed by atoms with van der Waals surface area (Å²) >= 11 is 0. The summed E-state index contributed by atoms with van der Waals surface area (Å²) in [5.74, 6) is -2.32. The van der Waals surface area contributed by atoms with Crippen LogP contribution in [0.2, 0.25) is 0 Å². The number of likely N-dealkylation sites (N-methyl/N-ethyl adjacent to an activating group) is 1. The van der Waals surface area contributed by atoms with Gasteiger partial charge in [-0.2, -0.15) is 0 Å². The predicted octanol–water partition coefficient (Wildman–Crippen LogP) is 1.01. The molecule has 3 atom stereocenters. The van der Waals surface area contributed by atoms with Crippen molar-refractivity contribution in [3.63, 3.8) is 0 Å². The number of rotatable bonds is 0. The van der Waals surface area contributed by atoms with Crippen LogP contribution < -0.4 is 0 Å². The average Bonchev–Trinajstić information content (AvgIpc) is 2.59. The van der Waals surface area contributed by atoms with Crippen molar-refractivity contribution >= 4 is 17.7 Å². The lowest BCUT2D eigenvalue weighted by Gasteiger charge is -2.31. The van der Waals surface area contributed by atoms with Crippen molar-refractivity contribution in [2.75, 3.05) is 26.7 Å². The molecule has 2 aliphatic rings. The molecule has 26 heavy (non-hydrogen) atoms. The zero-order valence-electron chi connectivity index (χ0n) is 15.8. The predicted molar refractivity (Wildman–Crippen MR) is 94.2 cm³/mol. The fourth-order valence-corrected chi connectivity index (χ4v) is 2.92. The second-order valence-electron chi connectivity index (χ2n) is 7.18. The molecule has 0 aromatic rings. The number of ether oxygens (including phenoxy) is 2. The van der Waals surface area contributed by atoms with Crippen molar-refractivity contribution in [1.29, 1.82) is 0 Å². The average molecular weight is 365 g/mol. The molecule has 0 aliphatic carbocycles. The number of cyclic esters (lactones) is 1. The first-order valence-electron chi connectivity index (χ1n) is 8.84. The number of esters is 2. The second kappa shape index (κ2) is 8.14. The molecule has 0 aromatic heterocycles. The van der Waals surface area contributed by atoms with Crippen LogP contribution >= 0.6 is 0 Å². The van der Waals surface area contributed by atoms with E-state index in [1.165, 1.54) is 6.92 Å². The van der Waals surface area contributed by atoms with E-state index in [4.69, 9.17) is 9.47 Å². The Hall–Kier alpha value is -1.99. The van der Waals surface area contributed by atoms with E-state index in [2.05, 4.69) is 0 Å². The zero-order valence-corrected chi connectivity index (χ0v) is 15.8. The molecule has 1 N–H and O–H groups in total. The molecule has 0 unspecified atom stereocenters. The molecule has 2 bridgehead atoms. The number of nitrogens with zero attached hydrogens (tertiary/aromatic N) is 1. The highest BCUT2D eigenvalue weighted by Crippen LogP contribution is 2.27. The van der Waals surface area contributed by atoms with Gasteiger partial charge >= 0.3 is 11.9 Å². The number of carbonyl (C=O) groups is 3. The van der Waals surface area contributed by atoms with Crippen molar-refractivity contribution in [3.05, 3.63) is 23.3 Å². The Balaban J connectivity index is 2.42. The molecule has 7 nitrogen and oxygen atoms in total. The molecule has 0 aromatic carbocycles. The van der Waals surface area contributed by atoms with Gasteiger partial charge < -0.3 is 19.5 Å². The quantitative estimate of drug-likeness (QED) is 0.506. The highest BCUT2D eigenvalue weighted by molar-refractivity contribution is 6.01. The Labute approximate surface area is 153 Å². The third kappa shape index (κ3) is 4.40. The van der Waals surface area contributed by atoms with Gasteiger partial charge in [-0.1, -0.05) is 19.1 Å². The van der Waals surface area contributed by atoms with Crippen LogP contribution in [0.1, 0.15) is 33.6 Å². The number of allylic oxidation sites excluding steroid dienone is 1. The lowest BCUT2D eigenvalue weighted by molar-refractivity contribution is -0.169. The molecular weight excluding hydrogens is 338 g/mol. The smallest absolute Gasteiger partial charge is 0.338 e. The topological polar surface area (TPSA) is 93.1 Å². The summed E-state index contributed by atoms with van der Waals surface area (Å²) in [7, 11) is 1.89. The minimum absolute atomic E-state index is 0.140. The van der Waals surface area contributed by atoms with Gasteiger partial charge in [-0.15, -0.1) is 0 Å². The molecule has 2 heterocycles. The first kappa shape index (κ1) is 20.3. The number of fused-ring (bicyclic) bond motifs is 2. The van der Waals surface area contributed by atoms with E-state index in [1.54, 1.807) is 26.0 Å². The van der Waals surface area contributed by atoms with Crippen LogP contribution in [0.3, 0.4) is 0 Å². The molecule has 2 rings (SSSR count). The Morgan fingerprint density at radius 3 is 2.69 bits per heavy atom. The van der Waals surface area contributed by atoms with E-state index in [-0.39, 0.29) is 24.4 Å². The summed E-state index contributed by atoms with van der Waals surface area (Å²) in [5, 5.41) is 10.6. The summed E-state index contributed by atoms with van der Waals surface area (Å²) < 4.78 is 10.7. The number of hydrogen-bond acceptors (Lipinski definition) is 7. The van der Waals surface area contributed by atoms with Gasteiger partial charge in [-0.05, 0) is 33.2 Å². The van der Waals surface area contributed by atoms with Gasteiger partial charge in [0.1, 0.15) is 6.61 Å². The number of aliphatic hydroxyl groups is 1. The van der Waals surface area contributed by atoms with Gasteiger partial charge in [0.2, 0.25) is 5.78 Å². The molecule has 144 valence electrons. The van der Waals surface area contributed by atoms with Crippen molar-refractivity contribution in [3.8, 4) is 0 Å². The highest BCUT2D eigenvalue weighted by atomic mass is 16.6. The van der Waals surface area contributed by atoms with E-state index in [0.29, 0.717) is 25.1 Å². The van der Waals surface area contributed by atoms with Gasteiger partial charge in [0.15, 0.2) is 11.7 Å². The molecule has 2 aliphatic heterocycles. The van der Waals surface area contributed by atoms with Gasteiger partial charge in [0.05, 0.1) is 0 Å². The van der Waals surface area contributed by atoms with Crippen LogP contribution in [-0.2, 0) is 23.9 Å². The number of hydrogen-bond donors (Lipinski definition) is 1. The van der Waals surface area contributed by atoms with E-state index >= 15 is 0 Å². The fraction of sp³-hybridized carbons (Fsp3) is 0.632. The van der Waals surface area contributed by atoms with E-state index in [9.17, 15) is 19.5 Å². The SMILES string of the molecule is CC=C1C[C@H](C)[C@@](C)(O)C(=O)OC/C2=C/CN(C)CC[C@@H](OC1=O)C2=O. The largest absolute Gasteiger partial charge is 0.459 e. The zero-order chi connectivity index (χ0) is 19.5. The Bertz CT molecular complexity index is 648. The maximum atomic E-state index is 12.8. The van der Waals surface area contributed by atoms with Crippen molar-refractivity contribution in [1.82, 2.24) is 4.90 Å². The summed E-state index contributed by atoms with van der Waals surface area (Å²) in [6.45, 7) is 5.58. The summed E-state index contributed by atoms with van der Waals surface area (Å²) in [5.41, 5.74) is -1.19. The maximum Gasteiger partial charge on any atom is 0.338 e. The summed E-state index contributed by atoms with van der Waals surface area (Å²) in [4.78, 5) is 39.7. The number of carbonyl (C=O) groups excluding carboxylic acids is 3. The molecule has 0 saturated carbocycles. The molecule has 1 saturated heterocycles. The third-order valence-corrected chi connectivity index (χ3v) is 5.15. The van der Waals surface area contributed by atoms with Crippen LogP contribution in [0.25, 0.3) is 0 Å². The molecule has 0 spiro atoms. The standard InChI is InChI=1S/C19H27NO6/c1-5-13-10-12(2)19(3,24)18(23)25-11-14-6-8-20(4)9-7-15(16(14)21)26-17(13)22/h5-6,12,15,24H,7-11H2,1-4H3/b13-5?,14-6-/t12-,15+,19+/m0/s1. The van der Waals surface area contributed by atoms with Crippen molar-refractivity contribution in [2.24, 2.45) is 5.92 Å². The van der Waals surface area contributed by atoms with Crippen LogP contribution in [0, 0.1) is 5.92 Å². The second-order valence-corrected chi connectivity index (χ2v) is 7.18. The van der Waals surface area contributed by atoms with Gasteiger partial charge in [-0.3, -0.25) is 4.79 Å². The van der Waals surface area contributed by atoms with Gasteiger partial charge in [0.25, 0.3) is 0 Å². The minimum atomic E-state index is -1.78. The number of Topliss-reactive ketones (excluding diaryl/α,β-unsaturated/α-hetero) is 1. The highest BCUT2D eigenvalue weighted by Gasteiger charge is 2.40. The molecule has 1 fully saturated rings. The van der Waals surface area contributed by atoms with Crippen LogP contribution in [0.15, 0.2) is 23.3 Å². The van der Waals surface area contributed by atoms with Gasteiger partial charge in [0, 0.05) is 30.7 Å². The van der Waals surface area contributed by atoms with E-state index < -0.39 is 29.6 Å². The summed E-state index contributed by atoms with van der Waals surface area (Å²) in [6, 6.07) is 0. The van der Waals surface area contributed by atoms with Crippen LogP contribution in [-0.4, -0.2) is 66.2 Å². The first-order valence-corrected chi connectivity index (χ1v) is 8.84. The number of ketones is 1. The van der Waals surface area contributed by atoms with Crippen LogP contribution in [0.5, 0.6) is 0 Å². The molecular formula is C19H27NO6. The van der Waals surface area contributed by atoms with E-state index in [1.807, 2.05) is 11.9 Å². The summed E-state index contributed by atoms with van der Waals surface area (Å²) in [6.07, 6.45) is 2.86. The first-order chi connectivity index (χ1) is 12.2. The molecule has 7 heteroatoms. The molecule has 0 radical (unpaired) electrons. The Morgan fingerprint density at radius 2 is 2.04 bits per heavy atom. The third-order valence-electron chi connectivity index (χ3n) is 5.15. The van der Waals surface area contributed by atoms with Crippen molar-refractivity contribution in [2.45, 2.75) is 45.3 Å². The maximum absolute atomic E-state index is 12.8. The Morgan fingerprint density at radius 1 is 1.35 bits per heavy atom. The normalized spacial score (nSPS) is 36.0. The van der Waals surface area contributed by atoms with E-state index in [0.717, 1.165) is 0 Å². The monoisotopic (exact) mass is 365 g/mol. The van der Waals surface area contributed by atoms with Crippen LogP contribution in [0.4, 0.5) is 0 Å². The lowest BCUT2D eigenvalue weighted by atomic mass is 9.85. The lowest BCUT2D eigenvalue weighted by Crippen LogP contribution is -2.45. The van der Waals surface area contributed by atoms with Gasteiger partial charge in [-0.25, -0.2) is 9.59 Å². The van der Waals surface area contributed by atoms with Crippen molar-refractivity contribution < 1.29 is 29.0 Å². The fourth-order valence-electron chi connectivity index (χ4n) is 2.92.